The van der Waals surface area contributed by atoms with Gasteiger partial charge in [0, 0.05) is 24.2 Å². The van der Waals surface area contributed by atoms with Crippen molar-refractivity contribution in [2.75, 3.05) is 26.3 Å². The second-order valence-electron chi connectivity index (χ2n) is 8.18. The third-order valence-electron chi connectivity index (χ3n) is 5.59. The molecule has 1 fully saturated rings. The van der Waals surface area contributed by atoms with E-state index in [0.29, 0.717) is 54.1 Å². The Balaban J connectivity index is 1.52. The highest BCUT2D eigenvalue weighted by Gasteiger charge is 2.17. The van der Waals surface area contributed by atoms with Gasteiger partial charge in [0.05, 0.1) is 30.9 Å². The van der Waals surface area contributed by atoms with Crippen molar-refractivity contribution < 1.29 is 19.1 Å². The number of carbonyl (C=O) groups is 2. The number of carbonyl (C=O) groups excluding carboxylic acids is 2. The Morgan fingerprint density at radius 3 is 2.36 bits per heavy atom. The number of morpholine rings is 1. The molecule has 11 heteroatoms. The van der Waals surface area contributed by atoms with Crippen LogP contribution in [0.2, 0.25) is 0 Å². The minimum atomic E-state index is -0.602. The highest BCUT2D eigenvalue weighted by molar-refractivity contribution is 6.01. The van der Waals surface area contributed by atoms with Gasteiger partial charge in [0.1, 0.15) is 11.6 Å². The lowest BCUT2D eigenvalue weighted by atomic mass is 9.98. The molecule has 36 heavy (non-hydrogen) atoms. The molecule has 4 rings (SSSR count). The topological polar surface area (TPSA) is 182 Å². The molecule has 11 nitrogen and oxygen atoms in total. The van der Waals surface area contributed by atoms with Crippen LogP contribution in [0.4, 0.5) is 5.69 Å². The van der Waals surface area contributed by atoms with Crippen LogP contribution in [-0.4, -0.2) is 55.0 Å². The summed E-state index contributed by atoms with van der Waals surface area (Å²) in [6.45, 7) is 2.64. The number of nitrogens with zero attached hydrogens (tertiary/aromatic N) is 2. The van der Waals surface area contributed by atoms with E-state index in [2.05, 4.69) is 10.4 Å². The van der Waals surface area contributed by atoms with Crippen LogP contribution in [0.25, 0.3) is 10.8 Å². The lowest BCUT2D eigenvalue weighted by Gasteiger charge is -2.27. The van der Waals surface area contributed by atoms with Crippen molar-refractivity contribution in [3.8, 4) is 5.75 Å². The number of hydrazine groups is 1. The molecule has 1 saturated heterocycles. The average molecular weight is 490 g/mol. The predicted molar refractivity (Wildman–Crippen MR) is 136 cm³/mol. The number of benzene rings is 3. The van der Waals surface area contributed by atoms with Crippen LogP contribution in [-0.2, 0) is 16.0 Å². The zero-order valence-electron chi connectivity index (χ0n) is 19.5. The average Bonchev–Trinajstić information content (AvgIpc) is 2.85. The highest BCUT2D eigenvalue weighted by atomic mass is 16.5. The smallest absolute Gasteiger partial charge is 0.343 e. The van der Waals surface area contributed by atoms with Crippen LogP contribution in [0.3, 0.4) is 0 Å². The van der Waals surface area contributed by atoms with E-state index < -0.39 is 11.9 Å². The summed E-state index contributed by atoms with van der Waals surface area (Å²) in [5.74, 6) is -0.790. The fourth-order valence-corrected chi connectivity index (χ4v) is 3.83. The number of guanidine groups is 1. The molecule has 1 aliphatic rings. The number of nitrogens with two attached hydrogens (primary N) is 3. The molecule has 0 spiro atoms. The maximum absolute atomic E-state index is 12.9. The van der Waals surface area contributed by atoms with Gasteiger partial charge in [-0.15, -0.1) is 0 Å². The van der Waals surface area contributed by atoms with Crippen molar-refractivity contribution in [3.63, 3.8) is 0 Å². The molecule has 1 heterocycles. The molecule has 0 unspecified atom stereocenters. The van der Waals surface area contributed by atoms with Gasteiger partial charge in [0.2, 0.25) is 11.9 Å². The van der Waals surface area contributed by atoms with Gasteiger partial charge in [0.15, 0.2) is 0 Å². The molecule has 0 aromatic heterocycles. The van der Waals surface area contributed by atoms with Gasteiger partial charge in [-0.25, -0.2) is 14.8 Å². The first kappa shape index (κ1) is 24.6. The molecule has 1 aliphatic heterocycles. The molecule has 1 amide bonds. The second-order valence-corrected chi connectivity index (χ2v) is 8.18. The quantitative estimate of drug-likeness (QED) is 0.142. The third-order valence-corrected chi connectivity index (χ3v) is 5.59. The van der Waals surface area contributed by atoms with Crippen LogP contribution >= 0.6 is 0 Å². The normalized spacial score (nSPS) is 14.4. The fourth-order valence-electron chi connectivity index (χ4n) is 3.83. The number of esters is 1. The van der Waals surface area contributed by atoms with E-state index in [4.69, 9.17) is 32.1 Å². The zero-order chi connectivity index (χ0) is 25.7. The summed E-state index contributed by atoms with van der Waals surface area (Å²) in [5, 5.41) is 11.0. The number of nitrogens with one attached hydrogen (secondary N) is 2. The zero-order valence-corrected chi connectivity index (χ0v) is 19.5. The number of nitrogen functional groups attached to an aromatic ring is 1. The van der Waals surface area contributed by atoms with E-state index in [1.807, 2.05) is 5.01 Å². The Hall–Kier alpha value is -4.48. The Labute approximate surface area is 207 Å². The van der Waals surface area contributed by atoms with Crippen molar-refractivity contribution in [2.45, 2.75) is 6.42 Å². The molecule has 0 radical (unpaired) electrons. The molecule has 0 aliphatic carbocycles. The Bertz CT molecular complexity index is 1330. The minimum absolute atomic E-state index is 0.0738. The molecule has 0 atom stereocenters. The fraction of sp³-hybridized carbons (Fsp3) is 0.200. The minimum Gasteiger partial charge on any atom is -0.423 e. The van der Waals surface area contributed by atoms with Gasteiger partial charge < -0.3 is 26.7 Å². The third kappa shape index (κ3) is 5.95. The molecule has 3 aromatic carbocycles. The SMILES string of the molecule is N=C(N)c1ccc2c(CC(N)=O)c(OC(=O)c3ccc(N=C(N)NN4CCOCC4)cc3)ccc2c1. The van der Waals surface area contributed by atoms with Crippen molar-refractivity contribution in [1.82, 2.24) is 10.4 Å². The van der Waals surface area contributed by atoms with Gasteiger partial charge in [0.25, 0.3) is 0 Å². The van der Waals surface area contributed by atoms with Gasteiger partial charge in [-0.3, -0.25) is 15.6 Å². The molecule has 8 N–H and O–H groups in total. The van der Waals surface area contributed by atoms with E-state index in [1.165, 1.54) is 0 Å². The largest absolute Gasteiger partial charge is 0.423 e. The number of hydrogen-bond acceptors (Lipinski definition) is 7. The van der Waals surface area contributed by atoms with Crippen molar-refractivity contribution in [1.29, 1.82) is 5.41 Å². The van der Waals surface area contributed by atoms with Crippen LogP contribution in [0.1, 0.15) is 21.5 Å². The van der Waals surface area contributed by atoms with E-state index in [-0.39, 0.29) is 24.0 Å². The number of primary amides is 1. The van der Waals surface area contributed by atoms with Crippen LogP contribution < -0.4 is 27.4 Å². The summed E-state index contributed by atoms with van der Waals surface area (Å²) in [6.07, 6.45) is -0.123. The number of fused-ring (bicyclic) bond motifs is 1. The van der Waals surface area contributed by atoms with E-state index >= 15 is 0 Å². The maximum Gasteiger partial charge on any atom is 0.343 e. The molecular formula is C25H27N7O4. The van der Waals surface area contributed by atoms with E-state index in [0.717, 1.165) is 5.39 Å². The van der Waals surface area contributed by atoms with Crippen molar-refractivity contribution in [3.05, 3.63) is 71.3 Å². The maximum atomic E-state index is 12.9. The number of amidine groups is 1. The summed E-state index contributed by atoms with van der Waals surface area (Å²) in [7, 11) is 0. The van der Waals surface area contributed by atoms with E-state index in [9.17, 15) is 9.59 Å². The summed E-state index contributed by atoms with van der Waals surface area (Å²) in [5.41, 5.74) is 21.9. The number of hydrogen-bond donors (Lipinski definition) is 5. The molecule has 3 aromatic rings. The first-order valence-electron chi connectivity index (χ1n) is 11.2. The molecule has 0 bridgehead atoms. The van der Waals surface area contributed by atoms with E-state index in [1.54, 1.807) is 54.6 Å². The lowest BCUT2D eigenvalue weighted by Crippen LogP contribution is -2.50. The molecular weight excluding hydrogens is 462 g/mol. The first-order valence-corrected chi connectivity index (χ1v) is 11.2. The van der Waals surface area contributed by atoms with Gasteiger partial charge in [-0.2, -0.15) is 0 Å². The van der Waals surface area contributed by atoms with Crippen molar-refractivity contribution >= 4 is 40.1 Å². The van der Waals surface area contributed by atoms with Gasteiger partial charge in [-0.1, -0.05) is 18.2 Å². The number of rotatable bonds is 7. The Morgan fingerprint density at radius 2 is 1.69 bits per heavy atom. The van der Waals surface area contributed by atoms with Crippen LogP contribution in [0, 0.1) is 5.41 Å². The summed E-state index contributed by atoms with van der Waals surface area (Å²) < 4.78 is 10.9. The number of amides is 1. The summed E-state index contributed by atoms with van der Waals surface area (Å²) in [4.78, 5) is 28.9. The number of aliphatic imine (C=N–C) groups is 1. The summed E-state index contributed by atoms with van der Waals surface area (Å²) in [6, 6.07) is 14.9. The second kappa shape index (κ2) is 10.8. The van der Waals surface area contributed by atoms with Gasteiger partial charge in [-0.05, 0) is 47.2 Å². The van der Waals surface area contributed by atoms with Crippen LogP contribution in [0.5, 0.6) is 5.75 Å². The number of ether oxygens (including phenoxy) is 2. The predicted octanol–water partition coefficient (Wildman–Crippen LogP) is 1.15. The molecule has 186 valence electrons. The first-order chi connectivity index (χ1) is 17.3. The highest BCUT2D eigenvalue weighted by Crippen LogP contribution is 2.30. The van der Waals surface area contributed by atoms with Crippen LogP contribution in [0.15, 0.2) is 59.6 Å². The van der Waals surface area contributed by atoms with Gasteiger partial charge >= 0.3 is 5.97 Å². The Kier molecular flexibility index (Phi) is 7.42. The Morgan fingerprint density at radius 1 is 1.00 bits per heavy atom. The molecule has 0 saturated carbocycles. The standard InChI is InChI=1S/C25H27N7O4/c26-22(33)14-20-19-7-3-17(23(27)28)13-16(19)4-8-21(20)36-24(34)15-1-5-18(6-2-15)30-25(29)31-32-9-11-35-12-10-32/h1-8,13H,9-12,14H2,(H2,26,33)(H3,27,28)(H3,29,30,31). The monoisotopic (exact) mass is 489 g/mol. The lowest BCUT2D eigenvalue weighted by molar-refractivity contribution is -0.117. The van der Waals surface area contributed by atoms with Crippen molar-refractivity contribution in [2.24, 2.45) is 22.2 Å². The summed E-state index contributed by atoms with van der Waals surface area (Å²) >= 11 is 0.